The molecule has 0 bridgehead atoms. The lowest BCUT2D eigenvalue weighted by Gasteiger charge is -2.09. The van der Waals surface area contributed by atoms with Gasteiger partial charge in [0.1, 0.15) is 0 Å². The van der Waals surface area contributed by atoms with Gasteiger partial charge in [0.2, 0.25) is 0 Å². The average Bonchev–Trinajstić information content (AvgIpc) is 3.03. The van der Waals surface area contributed by atoms with Crippen molar-refractivity contribution in [3.05, 3.63) is 77.7 Å². The molecule has 26 heavy (non-hydrogen) atoms. The predicted molar refractivity (Wildman–Crippen MR) is 101 cm³/mol. The van der Waals surface area contributed by atoms with Gasteiger partial charge in [-0.15, -0.1) is 5.10 Å². The monoisotopic (exact) mass is 343 g/mol. The zero-order valence-corrected chi connectivity index (χ0v) is 14.5. The van der Waals surface area contributed by atoms with E-state index in [2.05, 4.69) is 20.6 Å². The van der Waals surface area contributed by atoms with Crippen LogP contribution in [0.4, 0.5) is 5.69 Å². The summed E-state index contributed by atoms with van der Waals surface area (Å²) in [6.45, 7) is 3.77. The van der Waals surface area contributed by atoms with Gasteiger partial charge >= 0.3 is 0 Å². The number of hydrogen-bond donors (Lipinski definition) is 1. The number of rotatable bonds is 3. The first-order valence-corrected chi connectivity index (χ1v) is 8.29. The number of pyridine rings is 1. The van der Waals surface area contributed by atoms with Crippen LogP contribution >= 0.6 is 0 Å². The molecule has 0 fully saturated rings. The topological polar surface area (TPSA) is 72.7 Å². The Balaban J connectivity index is 1.76. The van der Waals surface area contributed by atoms with Gasteiger partial charge in [-0.3, -0.25) is 9.78 Å². The molecule has 0 saturated carbocycles. The molecule has 2 heterocycles. The van der Waals surface area contributed by atoms with E-state index >= 15 is 0 Å². The maximum absolute atomic E-state index is 12.6. The fourth-order valence-corrected chi connectivity index (χ4v) is 2.94. The van der Waals surface area contributed by atoms with Crippen LogP contribution in [-0.2, 0) is 0 Å². The number of benzene rings is 2. The van der Waals surface area contributed by atoms with E-state index < -0.39 is 0 Å². The minimum Gasteiger partial charge on any atom is -0.321 e. The molecule has 0 aliphatic heterocycles. The number of nitrogens with one attached hydrogen (secondary N) is 1. The fraction of sp³-hybridized carbons (Fsp3) is 0.100. The van der Waals surface area contributed by atoms with Gasteiger partial charge in [0.15, 0.2) is 5.69 Å². The van der Waals surface area contributed by atoms with E-state index in [1.165, 1.54) is 0 Å². The highest BCUT2D eigenvalue weighted by Gasteiger charge is 2.19. The number of para-hydroxylation sites is 2. The van der Waals surface area contributed by atoms with Crippen molar-refractivity contribution >= 4 is 22.5 Å². The molecule has 6 heteroatoms. The fourth-order valence-electron chi connectivity index (χ4n) is 2.94. The van der Waals surface area contributed by atoms with Crippen molar-refractivity contribution in [3.8, 4) is 5.69 Å². The Morgan fingerprint density at radius 1 is 1.00 bits per heavy atom. The smallest absolute Gasteiger partial charge is 0.278 e. The van der Waals surface area contributed by atoms with Crippen LogP contribution in [0.15, 0.2) is 60.7 Å². The molecule has 1 amide bonds. The average molecular weight is 343 g/mol. The molecule has 0 unspecified atom stereocenters. The third-order valence-electron chi connectivity index (χ3n) is 4.19. The molecule has 0 aliphatic carbocycles. The van der Waals surface area contributed by atoms with E-state index in [1.54, 1.807) is 4.68 Å². The van der Waals surface area contributed by atoms with E-state index in [0.717, 1.165) is 28.0 Å². The second-order valence-electron chi connectivity index (χ2n) is 6.06. The Morgan fingerprint density at radius 2 is 1.73 bits per heavy atom. The molecule has 0 spiro atoms. The van der Waals surface area contributed by atoms with Crippen molar-refractivity contribution in [1.82, 2.24) is 20.0 Å². The summed E-state index contributed by atoms with van der Waals surface area (Å²) in [7, 11) is 0. The summed E-state index contributed by atoms with van der Waals surface area (Å²) in [5, 5.41) is 12.1. The Bertz CT molecular complexity index is 1100. The highest BCUT2D eigenvalue weighted by Crippen LogP contribution is 2.23. The van der Waals surface area contributed by atoms with Crippen LogP contribution in [-0.4, -0.2) is 25.9 Å². The number of aromatic nitrogens is 4. The van der Waals surface area contributed by atoms with Crippen LogP contribution in [0.5, 0.6) is 0 Å². The van der Waals surface area contributed by atoms with E-state index in [9.17, 15) is 4.79 Å². The Labute approximate surface area is 150 Å². The first kappa shape index (κ1) is 16.0. The number of amides is 1. The van der Waals surface area contributed by atoms with Crippen LogP contribution < -0.4 is 5.32 Å². The standard InChI is InChI=1S/C20H17N5O/c1-13-12-18(16-10-6-7-11-17(16)21-13)25-14(2)19(23-24-25)20(26)22-15-8-4-3-5-9-15/h3-12H,1-2H3,(H,22,26). The van der Waals surface area contributed by atoms with Gasteiger partial charge < -0.3 is 5.32 Å². The Hall–Kier alpha value is -3.54. The molecule has 1 N–H and O–H groups in total. The molecule has 0 radical (unpaired) electrons. The molecule has 6 nitrogen and oxygen atoms in total. The Morgan fingerprint density at radius 3 is 2.54 bits per heavy atom. The van der Waals surface area contributed by atoms with Crippen LogP contribution in [0.2, 0.25) is 0 Å². The van der Waals surface area contributed by atoms with Gasteiger partial charge in [0, 0.05) is 16.8 Å². The molecule has 0 atom stereocenters. The lowest BCUT2D eigenvalue weighted by atomic mass is 10.1. The summed E-state index contributed by atoms with van der Waals surface area (Å²) in [6, 6.07) is 19.1. The van der Waals surface area contributed by atoms with Crippen molar-refractivity contribution in [2.24, 2.45) is 0 Å². The molecular formula is C20H17N5O. The number of carbonyl (C=O) groups is 1. The number of nitrogens with zero attached hydrogens (tertiary/aromatic N) is 4. The largest absolute Gasteiger partial charge is 0.321 e. The molecule has 0 aliphatic rings. The number of hydrogen-bond acceptors (Lipinski definition) is 4. The molecule has 128 valence electrons. The zero-order valence-electron chi connectivity index (χ0n) is 14.5. The van der Waals surface area contributed by atoms with Crippen molar-refractivity contribution in [3.63, 3.8) is 0 Å². The maximum atomic E-state index is 12.6. The molecule has 0 saturated heterocycles. The van der Waals surface area contributed by atoms with E-state index in [-0.39, 0.29) is 5.91 Å². The summed E-state index contributed by atoms with van der Waals surface area (Å²) in [6.07, 6.45) is 0. The van der Waals surface area contributed by atoms with Crippen molar-refractivity contribution in [2.75, 3.05) is 5.32 Å². The lowest BCUT2D eigenvalue weighted by molar-refractivity contribution is 0.102. The summed E-state index contributed by atoms with van der Waals surface area (Å²) in [5.41, 5.74) is 4.31. The summed E-state index contributed by atoms with van der Waals surface area (Å²) in [5.74, 6) is -0.282. The van der Waals surface area contributed by atoms with E-state index in [4.69, 9.17) is 0 Å². The lowest BCUT2D eigenvalue weighted by Crippen LogP contribution is -2.14. The number of fused-ring (bicyclic) bond motifs is 1. The molecule has 4 rings (SSSR count). The summed E-state index contributed by atoms with van der Waals surface area (Å²) in [4.78, 5) is 17.1. The van der Waals surface area contributed by atoms with Crippen LogP contribution in [0.25, 0.3) is 16.6 Å². The van der Waals surface area contributed by atoms with Gasteiger partial charge in [0.25, 0.3) is 5.91 Å². The van der Waals surface area contributed by atoms with Crippen molar-refractivity contribution in [1.29, 1.82) is 0 Å². The van der Waals surface area contributed by atoms with Gasteiger partial charge in [-0.05, 0) is 38.1 Å². The summed E-state index contributed by atoms with van der Waals surface area (Å²) >= 11 is 0. The predicted octanol–water partition coefficient (Wildman–Crippen LogP) is 3.68. The second kappa shape index (κ2) is 6.40. The minimum atomic E-state index is -0.282. The maximum Gasteiger partial charge on any atom is 0.278 e. The third kappa shape index (κ3) is 2.82. The van der Waals surface area contributed by atoms with Crippen LogP contribution in [0, 0.1) is 13.8 Å². The van der Waals surface area contributed by atoms with Gasteiger partial charge in [0.05, 0.1) is 16.9 Å². The van der Waals surface area contributed by atoms with Gasteiger partial charge in [-0.1, -0.05) is 41.6 Å². The first-order chi connectivity index (χ1) is 12.6. The van der Waals surface area contributed by atoms with Crippen LogP contribution in [0.3, 0.4) is 0 Å². The molecule has 2 aromatic heterocycles. The third-order valence-corrected chi connectivity index (χ3v) is 4.19. The first-order valence-electron chi connectivity index (χ1n) is 8.29. The molecule has 2 aromatic carbocycles. The molecule has 4 aromatic rings. The van der Waals surface area contributed by atoms with E-state index in [0.29, 0.717) is 11.4 Å². The highest BCUT2D eigenvalue weighted by atomic mass is 16.2. The van der Waals surface area contributed by atoms with Gasteiger partial charge in [-0.2, -0.15) is 0 Å². The van der Waals surface area contributed by atoms with E-state index in [1.807, 2.05) is 74.5 Å². The highest BCUT2D eigenvalue weighted by molar-refractivity contribution is 6.03. The summed E-state index contributed by atoms with van der Waals surface area (Å²) < 4.78 is 1.69. The molecular weight excluding hydrogens is 326 g/mol. The quantitative estimate of drug-likeness (QED) is 0.616. The van der Waals surface area contributed by atoms with Gasteiger partial charge in [-0.25, -0.2) is 4.68 Å². The van der Waals surface area contributed by atoms with Crippen molar-refractivity contribution < 1.29 is 4.79 Å². The number of anilines is 1. The number of aryl methyl sites for hydroxylation is 1. The van der Waals surface area contributed by atoms with Crippen LogP contribution in [0.1, 0.15) is 21.9 Å². The Kier molecular flexibility index (Phi) is 3.93. The normalized spacial score (nSPS) is 10.8. The zero-order chi connectivity index (χ0) is 18.1. The second-order valence-corrected chi connectivity index (χ2v) is 6.06. The SMILES string of the molecule is Cc1cc(-n2nnc(C(=O)Nc3ccccc3)c2C)c2ccccc2n1. The van der Waals surface area contributed by atoms with Crippen molar-refractivity contribution in [2.45, 2.75) is 13.8 Å². The minimum absolute atomic E-state index is 0.282. The number of carbonyl (C=O) groups excluding carboxylic acids is 1.